The molecule has 0 fully saturated rings. The van der Waals surface area contributed by atoms with Crippen LogP contribution in [0.1, 0.15) is 26.4 Å². The number of halogens is 2. The molecule has 0 spiro atoms. The second kappa shape index (κ2) is 6.88. The Morgan fingerprint density at radius 3 is 2.67 bits per heavy atom. The third-order valence-electron chi connectivity index (χ3n) is 4.49. The van der Waals surface area contributed by atoms with E-state index in [0.29, 0.717) is 17.3 Å². The van der Waals surface area contributed by atoms with Gasteiger partial charge in [0.25, 0.3) is 5.56 Å². The summed E-state index contributed by atoms with van der Waals surface area (Å²) < 4.78 is 15.9. The van der Waals surface area contributed by atoms with Crippen LogP contribution in [0.3, 0.4) is 0 Å². The fourth-order valence-electron chi connectivity index (χ4n) is 3.26. The van der Waals surface area contributed by atoms with Gasteiger partial charge in [0.05, 0.1) is 0 Å². The first-order valence-electron chi connectivity index (χ1n) is 8.75. The summed E-state index contributed by atoms with van der Waals surface area (Å²) in [6.45, 7) is 4.27. The first-order chi connectivity index (χ1) is 12.9. The van der Waals surface area contributed by atoms with Crippen LogP contribution in [0.4, 0.5) is 10.1 Å². The predicted octanol–water partition coefficient (Wildman–Crippen LogP) is 4.84. The lowest BCUT2D eigenvalue weighted by Gasteiger charge is -2.31. The van der Waals surface area contributed by atoms with Crippen LogP contribution >= 0.6 is 15.9 Å². The van der Waals surface area contributed by atoms with E-state index in [1.165, 1.54) is 12.1 Å². The molecule has 1 aromatic heterocycles. The van der Waals surface area contributed by atoms with Crippen LogP contribution in [-0.4, -0.2) is 14.8 Å². The topological polar surface area (TPSA) is 59.8 Å². The smallest absolute Gasteiger partial charge is 0.300 e. The summed E-state index contributed by atoms with van der Waals surface area (Å²) in [5, 5.41) is 8.11. The molecule has 1 atom stereocenters. The lowest BCUT2D eigenvalue weighted by molar-refractivity contribution is 0.398. The molecule has 138 valence electrons. The van der Waals surface area contributed by atoms with Gasteiger partial charge in [-0.05, 0) is 54.8 Å². The summed E-state index contributed by atoms with van der Waals surface area (Å²) in [6.07, 6.45) is 0.698. The van der Waals surface area contributed by atoms with Gasteiger partial charge in [-0.25, -0.2) is 9.07 Å². The van der Waals surface area contributed by atoms with Gasteiger partial charge in [-0.2, -0.15) is 10.1 Å². The fourth-order valence-corrected chi connectivity index (χ4v) is 3.62. The summed E-state index contributed by atoms with van der Waals surface area (Å²) in [4.78, 5) is 17.0. The Balaban J connectivity index is 1.92. The van der Waals surface area contributed by atoms with Crippen molar-refractivity contribution in [1.82, 2.24) is 14.8 Å². The van der Waals surface area contributed by atoms with Crippen LogP contribution in [0.25, 0.3) is 22.6 Å². The van der Waals surface area contributed by atoms with Crippen LogP contribution in [-0.2, 0) is 0 Å². The van der Waals surface area contributed by atoms with Crippen LogP contribution in [0.15, 0.2) is 51.7 Å². The van der Waals surface area contributed by atoms with Crippen molar-refractivity contribution in [1.29, 1.82) is 0 Å². The average Bonchev–Trinajstić information content (AvgIpc) is 2.62. The molecule has 3 aromatic rings. The third-order valence-corrected chi connectivity index (χ3v) is 4.98. The highest BCUT2D eigenvalue weighted by Gasteiger charge is 2.27. The molecular formula is C20H18BrFN4O. The van der Waals surface area contributed by atoms with E-state index < -0.39 is 5.56 Å². The van der Waals surface area contributed by atoms with Gasteiger partial charge in [-0.1, -0.05) is 29.8 Å². The molecule has 1 aliphatic heterocycles. The molecule has 27 heavy (non-hydrogen) atoms. The van der Waals surface area contributed by atoms with Crippen molar-refractivity contribution >= 4 is 21.6 Å². The summed E-state index contributed by atoms with van der Waals surface area (Å²) in [7, 11) is 0. The molecule has 2 aromatic carbocycles. The van der Waals surface area contributed by atoms with Crippen molar-refractivity contribution in [2.24, 2.45) is 5.92 Å². The lowest BCUT2D eigenvalue weighted by atomic mass is 10.0. The van der Waals surface area contributed by atoms with Crippen molar-refractivity contribution in [3.63, 3.8) is 0 Å². The van der Waals surface area contributed by atoms with E-state index in [4.69, 9.17) is 0 Å². The molecule has 0 bridgehead atoms. The lowest BCUT2D eigenvalue weighted by Crippen LogP contribution is -2.32. The summed E-state index contributed by atoms with van der Waals surface area (Å²) in [5.41, 5.74) is 2.08. The SMILES string of the molecule is CC(C)C[C@H]1Nc2ccc(Br)cc2-c2nc(=O)c(-c3ccc(F)cc3)nn21. The first kappa shape index (κ1) is 17.9. The molecule has 4 rings (SSSR count). The minimum absolute atomic E-state index is 0.124. The average molecular weight is 429 g/mol. The predicted molar refractivity (Wildman–Crippen MR) is 107 cm³/mol. The Hall–Kier alpha value is -2.54. The molecule has 0 radical (unpaired) electrons. The molecule has 5 nitrogen and oxygen atoms in total. The maximum absolute atomic E-state index is 13.3. The zero-order chi connectivity index (χ0) is 19.1. The maximum atomic E-state index is 13.3. The van der Waals surface area contributed by atoms with Crippen LogP contribution < -0.4 is 10.9 Å². The second-order valence-corrected chi connectivity index (χ2v) is 7.94. The zero-order valence-corrected chi connectivity index (χ0v) is 16.5. The largest absolute Gasteiger partial charge is 0.363 e. The standard InChI is InChI=1S/C20H18BrFN4O/c1-11(2)9-17-23-16-8-5-13(21)10-15(16)19-24-20(27)18(25-26(17)19)12-3-6-14(22)7-4-12/h3-8,10-11,17,23H,9H2,1-2H3/t17-/m0/s1. The molecule has 0 saturated carbocycles. The molecule has 0 saturated heterocycles. The van der Waals surface area contributed by atoms with Gasteiger partial charge in [-0.15, -0.1) is 0 Å². The minimum atomic E-state index is -0.427. The molecule has 0 aliphatic carbocycles. The van der Waals surface area contributed by atoms with Gasteiger partial charge >= 0.3 is 0 Å². The van der Waals surface area contributed by atoms with Gasteiger partial charge < -0.3 is 5.32 Å². The molecule has 0 unspecified atom stereocenters. The van der Waals surface area contributed by atoms with Gasteiger partial charge in [0.2, 0.25) is 0 Å². The number of benzene rings is 2. The number of nitrogens with one attached hydrogen (secondary N) is 1. The molecule has 1 N–H and O–H groups in total. The zero-order valence-electron chi connectivity index (χ0n) is 14.9. The number of hydrogen-bond donors (Lipinski definition) is 1. The van der Waals surface area contributed by atoms with E-state index in [1.54, 1.807) is 16.8 Å². The van der Waals surface area contributed by atoms with E-state index >= 15 is 0 Å². The highest BCUT2D eigenvalue weighted by atomic mass is 79.9. The highest BCUT2D eigenvalue weighted by molar-refractivity contribution is 9.10. The summed E-state index contributed by atoms with van der Waals surface area (Å²) in [5.74, 6) is 0.595. The maximum Gasteiger partial charge on any atom is 0.300 e. The number of anilines is 1. The van der Waals surface area contributed by atoms with Crippen molar-refractivity contribution in [3.05, 3.63) is 63.1 Å². The van der Waals surface area contributed by atoms with Gasteiger partial charge in [0.15, 0.2) is 11.5 Å². The van der Waals surface area contributed by atoms with Crippen LogP contribution in [0.5, 0.6) is 0 Å². The Bertz CT molecular complexity index is 1060. The molecule has 7 heteroatoms. The van der Waals surface area contributed by atoms with Gasteiger partial charge in [-0.3, -0.25) is 4.79 Å². The number of hydrogen-bond acceptors (Lipinski definition) is 4. The summed E-state index contributed by atoms with van der Waals surface area (Å²) >= 11 is 3.48. The monoisotopic (exact) mass is 428 g/mol. The second-order valence-electron chi connectivity index (χ2n) is 7.02. The minimum Gasteiger partial charge on any atom is -0.363 e. The Kier molecular flexibility index (Phi) is 4.55. The van der Waals surface area contributed by atoms with Gasteiger partial charge in [0, 0.05) is 21.3 Å². The summed E-state index contributed by atoms with van der Waals surface area (Å²) in [6, 6.07) is 11.6. The quantitative estimate of drug-likeness (QED) is 0.647. The van der Waals surface area contributed by atoms with Crippen LogP contribution in [0, 0.1) is 11.7 Å². The van der Waals surface area contributed by atoms with Crippen LogP contribution in [0.2, 0.25) is 0 Å². The fraction of sp³-hybridized carbons (Fsp3) is 0.250. The molecular weight excluding hydrogens is 411 g/mol. The molecule has 1 aliphatic rings. The van der Waals surface area contributed by atoms with E-state index in [0.717, 1.165) is 22.1 Å². The first-order valence-corrected chi connectivity index (χ1v) is 9.55. The number of nitrogens with zero attached hydrogens (tertiary/aromatic N) is 3. The Labute approximate surface area is 164 Å². The number of fused-ring (bicyclic) bond motifs is 3. The number of aromatic nitrogens is 3. The Morgan fingerprint density at radius 2 is 1.96 bits per heavy atom. The molecule has 2 heterocycles. The van der Waals surface area contributed by atoms with Crippen molar-refractivity contribution in [3.8, 4) is 22.6 Å². The normalized spacial score (nSPS) is 15.2. The van der Waals surface area contributed by atoms with Gasteiger partial charge in [0.1, 0.15) is 12.0 Å². The van der Waals surface area contributed by atoms with Crippen molar-refractivity contribution in [2.75, 3.05) is 5.32 Å². The Morgan fingerprint density at radius 1 is 1.22 bits per heavy atom. The van der Waals surface area contributed by atoms with E-state index in [-0.39, 0.29) is 17.7 Å². The number of rotatable bonds is 3. The van der Waals surface area contributed by atoms with Crippen molar-refractivity contribution < 1.29 is 4.39 Å². The van der Waals surface area contributed by atoms with Crippen molar-refractivity contribution in [2.45, 2.75) is 26.4 Å². The highest BCUT2D eigenvalue weighted by Crippen LogP contribution is 2.37. The third kappa shape index (κ3) is 3.39. The van der Waals surface area contributed by atoms with E-state index in [9.17, 15) is 9.18 Å². The molecule has 0 amide bonds. The van der Waals surface area contributed by atoms with E-state index in [2.05, 4.69) is 45.2 Å². The van der Waals surface area contributed by atoms with E-state index in [1.807, 2.05) is 18.2 Å².